The number of aromatic amines is 1. The highest BCUT2D eigenvalue weighted by atomic mass is 35.5. The minimum absolute atomic E-state index is 0.737. The van der Waals surface area contributed by atoms with Crippen LogP contribution >= 0.6 is 11.6 Å². The zero-order valence-electron chi connectivity index (χ0n) is 24.6. The molecule has 36 heavy (non-hydrogen) atoms. The SMILES string of the molecule is C=C/C=C\c1ccc(CC(C)=N/C(C)=c2/c(Cl)c(CC)[nH]c2=C)cc1C.CCC.CCC.CN.CO. The number of rotatable bonds is 6. The van der Waals surface area contributed by atoms with Gasteiger partial charge < -0.3 is 15.8 Å². The maximum Gasteiger partial charge on any atom is 0.0709 e. The average molecular weight is 518 g/mol. The Morgan fingerprint density at radius 1 is 1.08 bits per heavy atom. The van der Waals surface area contributed by atoms with Crippen molar-refractivity contribution in [1.29, 1.82) is 0 Å². The lowest BCUT2D eigenvalue weighted by molar-refractivity contribution is 0.399. The summed E-state index contributed by atoms with van der Waals surface area (Å²) in [5.41, 5.74) is 11.2. The molecule has 4 N–H and O–H groups in total. The van der Waals surface area contributed by atoms with E-state index in [9.17, 15) is 0 Å². The Hall–Kier alpha value is -2.40. The summed E-state index contributed by atoms with van der Waals surface area (Å²) in [6.45, 7) is 24.5. The number of H-pyrrole nitrogens is 1. The molecule has 4 nitrogen and oxygen atoms in total. The monoisotopic (exact) mass is 517 g/mol. The van der Waals surface area contributed by atoms with Crippen molar-refractivity contribution in [2.24, 2.45) is 10.7 Å². The Morgan fingerprint density at radius 3 is 2.03 bits per heavy atom. The van der Waals surface area contributed by atoms with Crippen molar-refractivity contribution < 1.29 is 5.11 Å². The number of benzene rings is 1. The van der Waals surface area contributed by atoms with Gasteiger partial charge in [0.15, 0.2) is 0 Å². The molecule has 0 aliphatic carbocycles. The summed E-state index contributed by atoms with van der Waals surface area (Å²) >= 11 is 6.47. The minimum Gasteiger partial charge on any atom is -0.400 e. The maximum absolute atomic E-state index is 7.00. The van der Waals surface area contributed by atoms with Gasteiger partial charge in [0.05, 0.1) is 5.02 Å². The quantitative estimate of drug-likeness (QED) is 0.285. The average Bonchev–Trinajstić information content (AvgIpc) is 3.15. The van der Waals surface area contributed by atoms with Crippen LogP contribution in [0.3, 0.4) is 0 Å². The first-order valence-corrected chi connectivity index (χ1v) is 13.1. The Morgan fingerprint density at radius 2 is 1.61 bits per heavy atom. The van der Waals surface area contributed by atoms with Crippen molar-refractivity contribution in [3.63, 3.8) is 0 Å². The molecule has 1 heterocycles. The van der Waals surface area contributed by atoms with Gasteiger partial charge in [0.25, 0.3) is 0 Å². The van der Waals surface area contributed by atoms with Crippen LogP contribution in [0, 0.1) is 6.92 Å². The van der Waals surface area contributed by atoms with Crippen LogP contribution in [0.5, 0.6) is 0 Å². The molecule has 0 bridgehead atoms. The van der Waals surface area contributed by atoms with Crippen LogP contribution < -0.4 is 16.3 Å². The minimum atomic E-state index is 0.737. The molecule has 0 amide bonds. The molecular weight excluding hydrogens is 466 g/mol. The van der Waals surface area contributed by atoms with E-state index >= 15 is 0 Å². The smallest absolute Gasteiger partial charge is 0.0709 e. The molecule has 1 aromatic carbocycles. The summed E-state index contributed by atoms with van der Waals surface area (Å²) in [5.74, 6) is 0. The first kappa shape index (κ1) is 38.1. The lowest BCUT2D eigenvalue weighted by atomic mass is 10.0. The van der Waals surface area contributed by atoms with Crippen LogP contribution in [-0.4, -0.2) is 30.0 Å². The van der Waals surface area contributed by atoms with Gasteiger partial charge in [-0.1, -0.05) is 109 Å². The summed E-state index contributed by atoms with van der Waals surface area (Å²) in [6.07, 6.45) is 9.96. The number of aliphatic imine (C=N–C) groups is 1. The summed E-state index contributed by atoms with van der Waals surface area (Å²) in [6, 6.07) is 6.50. The van der Waals surface area contributed by atoms with E-state index in [1.807, 2.05) is 13.0 Å². The predicted molar refractivity (Wildman–Crippen MR) is 166 cm³/mol. The number of nitrogens with zero attached hydrogens (tertiary/aromatic N) is 1. The lowest BCUT2D eigenvalue weighted by Gasteiger charge is -2.06. The molecule has 0 radical (unpaired) electrons. The highest BCUT2D eigenvalue weighted by Crippen LogP contribution is 2.15. The van der Waals surface area contributed by atoms with Crippen LogP contribution in [0.4, 0.5) is 0 Å². The first-order valence-electron chi connectivity index (χ1n) is 12.7. The fourth-order valence-electron chi connectivity index (χ4n) is 3.09. The molecule has 0 spiro atoms. The third kappa shape index (κ3) is 14.9. The fraction of sp³-hybridized carbons (Fsp3) is 0.452. The van der Waals surface area contributed by atoms with E-state index < -0.39 is 0 Å². The number of allylic oxidation sites excluding steroid dienone is 2. The van der Waals surface area contributed by atoms with Gasteiger partial charge in [-0.15, -0.1) is 0 Å². The molecule has 204 valence electrons. The second-order valence-electron chi connectivity index (χ2n) is 7.93. The topological polar surface area (TPSA) is 74.4 Å². The number of aliphatic hydroxyl groups excluding tert-OH is 1. The molecular formula is C31H52ClN3O. The highest BCUT2D eigenvalue weighted by molar-refractivity contribution is 6.31. The van der Waals surface area contributed by atoms with Gasteiger partial charge in [0.1, 0.15) is 0 Å². The van der Waals surface area contributed by atoms with Crippen molar-refractivity contribution >= 4 is 35.7 Å². The molecule has 0 unspecified atom stereocenters. The van der Waals surface area contributed by atoms with Gasteiger partial charge in [0, 0.05) is 41.2 Å². The van der Waals surface area contributed by atoms with Gasteiger partial charge in [-0.3, -0.25) is 4.99 Å². The van der Waals surface area contributed by atoms with E-state index in [-0.39, 0.29) is 0 Å². The maximum atomic E-state index is 7.00. The molecule has 2 rings (SSSR count). The number of nitrogens with two attached hydrogens (primary N) is 1. The molecule has 5 heteroatoms. The summed E-state index contributed by atoms with van der Waals surface area (Å²) < 4.78 is 0. The number of aromatic nitrogens is 1. The van der Waals surface area contributed by atoms with Crippen molar-refractivity contribution in [1.82, 2.24) is 4.98 Å². The number of aliphatic hydroxyl groups is 1. The number of hydrogen-bond donors (Lipinski definition) is 3. The Labute approximate surface area is 226 Å². The Bertz CT molecular complexity index is 1020. The molecule has 0 aliphatic rings. The number of nitrogens with one attached hydrogen (secondary N) is 1. The number of halogens is 1. The molecule has 0 atom stereocenters. The summed E-state index contributed by atoms with van der Waals surface area (Å²) in [4.78, 5) is 8.03. The summed E-state index contributed by atoms with van der Waals surface area (Å²) in [5, 5.41) is 9.49. The van der Waals surface area contributed by atoms with E-state index in [0.717, 1.165) is 52.6 Å². The zero-order chi connectivity index (χ0) is 28.7. The zero-order valence-corrected chi connectivity index (χ0v) is 25.3. The van der Waals surface area contributed by atoms with Crippen LogP contribution in [-0.2, 0) is 12.8 Å². The Kier molecular flexibility index (Phi) is 25.7. The highest BCUT2D eigenvalue weighted by Gasteiger charge is 2.07. The van der Waals surface area contributed by atoms with Gasteiger partial charge >= 0.3 is 0 Å². The van der Waals surface area contributed by atoms with E-state index in [4.69, 9.17) is 21.7 Å². The van der Waals surface area contributed by atoms with Crippen LogP contribution in [0.2, 0.25) is 5.02 Å². The predicted octanol–water partition coefficient (Wildman–Crippen LogP) is 7.00. The van der Waals surface area contributed by atoms with Crippen molar-refractivity contribution in [2.75, 3.05) is 14.2 Å². The third-order valence-corrected chi connectivity index (χ3v) is 4.79. The van der Waals surface area contributed by atoms with Gasteiger partial charge in [0.2, 0.25) is 0 Å². The van der Waals surface area contributed by atoms with Crippen LogP contribution in [0.1, 0.15) is 83.7 Å². The Balaban J connectivity index is -0.000000950. The van der Waals surface area contributed by atoms with Gasteiger partial charge in [-0.2, -0.15) is 0 Å². The van der Waals surface area contributed by atoms with E-state index in [1.54, 1.807) is 6.08 Å². The second-order valence-corrected chi connectivity index (χ2v) is 8.31. The number of hydrogen-bond acceptors (Lipinski definition) is 3. The second kappa shape index (κ2) is 24.3. The normalized spacial score (nSPS) is 11.0. The standard InChI is InChI=1S/C23H27ClN2.2C3H8.CH5N.CH4O/c1-7-9-10-20-12-11-19(13-15(20)3)14-16(4)25-17(5)22-18(6)26-21(8-2)23(22)24;2*1-3-2;2*1-2/h7,9-13,26H,1,6,8,14H2,2-5H3;2*3H2,1-2H3;2H2,1H3;2H,1H3/b10-9-,22-17+,25-16?;;;;. The van der Waals surface area contributed by atoms with Crippen LogP contribution in [0.25, 0.3) is 18.4 Å². The summed E-state index contributed by atoms with van der Waals surface area (Å²) in [7, 11) is 2.50. The van der Waals surface area contributed by atoms with Crippen molar-refractivity contribution in [3.05, 3.63) is 74.9 Å². The molecule has 2 aromatic rings. The van der Waals surface area contributed by atoms with E-state index in [1.165, 1.54) is 36.6 Å². The van der Waals surface area contributed by atoms with Crippen molar-refractivity contribution in [2.45, 2.75) is 81.1 Å². The van der Waals surface area contributed by atoms with Crippen molar-refractivity contribution in [3.8, 4) is 0 Å². The molecule has 1 aromatic heterocycles. The van der Waals surface area contributed by atoms with Gasteiger partial charge in [-0.05, 0) is 50.9 Å². The third-order valence-electron chi connectivity index (χ3n) is 4.37. The molecule has 0 fully saturated rings. The van der Waals surface area contributed by atoms with E-state index in [2.05, 4.69) is 96.6 Å². The fourth-order valence-corrected chi connectivity index (χ4v) is 3.52. The van der Waals surface area contributed by atoms with E-state index in [0.29, 0.717) is 0 Å². The van der Waals surface area contributed by atoms with Gasteiger partial charge in [-0.25, -0.2) is 0 Å². The van der Waals surface area contributed by atoms with Crippen LogP contribution in [0.15, 0.2) is 41.9 Å². The molecule has 0 saturated carbocycles. The lowest BCUT2D eigenvalue weighted by Crippen LogP contribution is -2.23. The molecule has 0 saturated heterocycles. The first-order chi connectivity index (χ1) is 17.2. The molecule has 0 aliphatic heterocycles. The largest absolute Gasteiger partial charge is 0.400 e. The number of aryl methyl sites for hydroxylation is 2.